The van der Waals surface area contributed by atoms with Crippen molar-refractivity contribution in [2.45, 2.75) is 26.4 Å². The zero-order valence-corrected chi connectivity index (χ0v) is 19.9. The van der Waals surface area contributed by atoms with E-state index in [-0.39, 0.29) is 13.2 Å². The van der Waals surface area contributed by atoms with Gasteiger partial charge in [-0.25, -0.2) is 9.59 Å². The molecule has 0 radical (unpaired) electrons. The first kappa shape index (κ1) is 30.7. The minimum Gasteiger partial charge on any atom is -0.467 e. The van der Waals surface area contributed by atoms with E-state index in [9.17, 15) is 9.59 Å². The van der Waals surface area contributed by atoms with Crippen molar-refractivity contribution in [3.63, 3.8) is 0 Å². The van der Waals surface area contributed by atoms with Crippen LogP contribution in [0.3, 0.4) is 0 Å². The molecule has 0 aromatic carbocycles. The van der Waals surface area contributed by atoms with Crippen molar-refractivity contribution in [1.29, 1.82) is 0 Å². The molecule has 0 N–H and O–H groups in total. The van der Waals surface area contributed by atoms with Crippen LogP contribution in [-0.4, -0.2) is 117 Å². The molecule has 0 rings (SSSR count). The van der Waals surface area contributed by atoms with Crippen LogP contribution in [0.1, 0.15) is 20.8 Å². The molecule has 0 fully saturated rings. The van der Waals surface area contributed by atoms with Gasteiger partial charge in [0.2, 0.25) is 0 Å². The Morgan fingerprint density at radius 3 is 1.06 bits per heavy atom. The summed E-state index contributed by atoms with van der Waals surface area (Å²) in [6.45, 7) is 10.3. The first-order valence-corrected chi connectivity index (χ1v) is 10.7. The number of carbonyl (C=O) groups excluding carboxylic acids is 2. The molecule has 0 bridgehead atoms. The molecule has 0 heterocycles. The van der Waals surface area contributed by atoms with E-state index in [0.717, 1.165) is 0 Å². The van der Waals surface area contributed by atoms with Crippen molar-refractivity contribution in [2.75, 3.05) is 99.6 Å². The molecular weight excluding hydrogens is 428 g/mol. The number of methoxy groups -OCH3 is 1. The lowest BCUT2D eigenvalue weighted by molar-refractivity contribution is -0.160. The van der Waals surface area contributed by atoms with Crippen LogP contribution in [-0.2, 0) is 52.2 Å². The molecule has 0 unspecified atom stereocenters. The van der Waals surface area contributed by atoms with Crippen molar-refractivity contribution < 1.29 is 52.2 Å². The van der Waals surface area contributed by atoms with Crippen molar-refractivity contribution >= 4 is 11.9 Å². The maximum absolute atomic E-state index is 11.4. The SMILES string of the molecule is COC(=O)COCCOCCOCCOCCOCCOCCOCC(=O)OC(C)(C)C. The number of carbonyl (C=O) groups is 2. The highest BCUT2D eigenvalue weighted by atomic mass is 16.6. The number of ether oxygens (including phenoxy) is 9. The zero-order chi connectivity index (χ0) is 23.9. The molecule has 0 aliphatic rings. The summed E-state index contributed by atoms with van der Waals surface area (Å²) in [5.41, 5.74) is -0.509. The first-order chi connectivity index (χ1) is 15.3. The summed E-state index contributed by atoms with van der Waals surface area (Å²) in [6.07, 6.45) is 0. The second-order valence-electron chi connectivity index (χ2n) is 7.33. The van der Waals surface area contributed by atoms with Crippen LogP contribution in [0.4, 0.5) is 0 Å². The third-order valence-corrected chi connectivity index (χ3v) is 3.32. The third-order valence-electron chi connectivity index (χ3n) is 3.32. The second kappa shape index (κ2) is 21.5. The molecule has 0 saturated carbocycles. The lowest BCUT2D eigenvalue weighted by Gasteiger charge is -2.19. The Kier molecular flexibility index (Phi) is 20.6. The minimum absolute atomic E-state index is 0.0726. The summed E-state index contributed by atoms with van der Waals surface area (Å²) in [6, 6.07) is 0. The van der Waals surface area contributed by atoms with Crippen LogP contribution in [0.5, 0.6) is 0 Å². The molecule has 11 nitrogen and oxygen atoms in total. The van der Waals surface area contributed by atoms with Gasteiger partial charge in [0.05, 0.1) is 86.4 Å². The molecule has 0 spiro atoms. The van der Waals surface area contributed by atoms with Crippen LogP contribution in [0, 0.1) is 0 Å². The van der Waals surface area contributed by atoms with Gasteiger partial charge in [-0.2, -0.15) is 0 Å². The highest BCUT2D eigenvalue weighted by Crippen LogP contribution is 2.06. The predicted octanol–water partition coefficient (Wildman–Crippen LogP) is 0.617. The largest absolute Gasteiger partial charge is 0.467 e. The molecule has 0 aromatic heterocycles. The minimum atomic E-state index is -0.509. The van der Waals surface area contributed by atoms with Gasteiger partial charge in [-0.15, -0.1) is 0 Å². The van der Waals surface area contributed by atoms with Crippen molar-refractivity contribution in [2.24, 2.45) is 0 Å². The predicted molar refractivity (Wildman–Crippen MR) is 114 cm³/mol. The quantitative estimate of drug-likeness (QED) is 0.164. The lowest BCUT2D eigenvalue weighted by Crippen LogP contribution is -2.27. The fourth-order valence-corrected chi connectivity index (χ4v) is 1.96. The summed E-state index contributed by atoms with van der Waals surface area (Å²) in [5, 5.41) is 0. The molecule has 0 amide bonds. The van der Waals surface area contributed by atoms with Gasteiger partial charge < -0.3 is 42.6 Å². The summed E-state index contributed by atoms with van der Waals surface area (Å²) in [5.74, 6) is -0.801. The van der Waals surface area contributed by atoms with Gasteiger partial charge in [-0.05, 0) is 20.8 Å². The van der Waals surface area contributed by atoms with E-state index < -0.39 is 17.5 Å². The Bertz CT molecular complexity index is 452. The van der Waals surface area contributed by atoms with E-state index in [4.69, 9.17) is 37.9 Å². The average Bonchev–Trinajstić information content (AvgIpc) is 2.73. The molecule has 32 heavy (non-hydrogen) atoms. The normalized spacial score (nSPS) is 11.5. The van der Waals surface area contributed by atoms with Crippen LogP contribution < -0.4 is 0 Å². The fourth-order valence-electron chi connectivity index (χ4n) is 1.96. The number of rotatable bonds is 22. The van der Waals surface area contributed by atoms with E-state index in [0.29, 0.717) is 79.3 Å². The Morgan fingerprint density at radius 2 is 0.781 bits per heavy atom. The molecule has 0 aliphatic carbocycles. The van der Waals surface area contributed by atoms with Crippen LogP contribution in [0.15, 0.2) is 0 Å². The van der Waals surface area contributed by atoms with E-state index in [1.165, 1.54) is 7.11 Å². The summed E-state index contributed by atoms with van der Waals surface area (Å²) in [7, 11) is 1.31. The third kappa shape index (κ3) is 24.9. The highest BCUT2D eigenvalue weighted by molar-refractivity contribution is 5.71. The Morgan fingerprint density at radius 1 is 0.500 bits per heavy atom. The average molecular weight is 469 g/mol. The Labute approximate surface area is 190 Å². The monoisotopic (exact) mass is 468 g/mol. The zero-order valence-electron chi connectivity index (χ0n) is 19.9. The maximum Gasteiger partial charge on any atom is 0.332 e. The molecule has 11 heteroatoms. The number of hydrogen-bond donors (Lipinski definition) is 0. The van der Waals surface area contributed by atoms with Crippen molar-refractivity contribution in [3.8, 4) is 0 Å². The fraction of sp³-hybridized carbons (Fsp3) is 0.905. The van der Waals surface area contributed by atoms with Crippen LogP contribution in [0.25, 0.3) is 0 Å². The summed E-state index contributed by atoms with van der Waals surface area (Å²) in [4.78, 5) is 22.2. The summed E-state index contributed by atoms with van der Waals surface area (Å²) >= 11 is 0. The van der Waals surface area contributed by atoms with Crippen LogP contribution in [0.2, 0.25) is 0 Å². The maximum atomic E-state index is 11.4. The molecule has 0 aliphatic heterocycles. The Hall–Kier alpha value is -1.34. The highest BCUT2D eigenvalue weighted by Gasteiger charge is 2.15. The van der Waals surface area contributed by atoms with E-state index in [2.05, 4.69) is 4.74 Å². The standard InChI is InChI=1S/C21H40O11/c1-21(2,3)32-20(23)18-31-16-14-29-12-10-27-8-6-25-5-7-26-9-11-28-13-15-30-17-19(22)24-4/h5-18H2,1-4H3. The van der Waals surface area contributed by atoms with E-state index in [1.54, 1.807) is 0 Å². The van der Waals surface area contributed by atoms with Crippen molar-refractivity contribution in [1.82, 2.24) is 0 Å². The molecule has 0 saturated heterocycles. The molecule has 0 aromatic rings. The molecule has 0 atom stereocenters. The van der Waals surface area contributed by atoms with Gasteiger partial charge in [0, 0.05) is 0 Å². The van der Waals surface area contributed by atoms with Gasteiger partial charge in [0.15, 0.2) is 0 Å². The lowest BCUT2D eigenvalue weighted by atomic mass is 10.2. The second-order valence-corrected chi connectivity index (χ2v) is 7.33. The first-order valence-electron chi connectivity index (χ1n) is 10.7. The topological polar surface area (TPSA) is 117 Å². The molecular formula is C21H40O11. The van der Waals surface area contributed by atoms with Gasteiger partial charge in [-0.1, -0.05) is 0 Å². The molecule has 190 valence electrons. The number of hydrogen-bond acceptors (Lipinski definition) is 11. The van der Waals surface area contributed by atoms with Gasteiger partial charge in [0.25, 0.3) is 0 Å². The van der Waals surface area contributed by atoms with Gasteiger partial charge in [0.1, 0.15) is 18.8 Å². The van der Waals surface area contributed by atoms with E-state index >= 15 is 0 Å². The van der Waals surface area contributed by atoms with Gasteiger partial charge in [-0.3, -0.25) is 0 Å². The van der Waals surface area contributed by atoms with Gasteiger partial charge >= 0.3 is 11.9 Å². The summed E-state index contributed by atoms with van der Waals surface area (Å²) < 4.78 is 46.5. The van der Waals surface area contributed by atoms with Crippen LogP contribution >= 0.6 is 0 Å². The number of esters is 2. The smallest absolute Gasteiger partial charge is 0.332 e. The Balaban J connectivity index is 3.14. The van der Waals surface area contributed by atoms with E-state index in [1.807, 2.05) is 20.8 Å². The van der Waals surface area contributed by atoms with Crippen molar-refractivity contribution in [3.05, 3.63) is 0 Å².